The van der Waals surface area contributed by atoms with Crippen molar-refractivity contribution in [2.75, 3.05) is 51.9 Å². The zero-order chi connectivity index (χ0) is 34.5. The average Bonchev–Trinajstić information content (AvgIpc) is 3.21. The van der Waals surface area contributed by atoms with Crippen LogP contribution in [0.4, 0.5) is 5.82 Å². The molecule has 1 amide bonds. The summed E-state index contributed by atoms with van der Waals surface area (Å²) in [4.78, 5) is 23.1. The Morgan fingerprint density at radius 2 is 1.94 bits per heavy atom. The second-order valence-electron chi connectivity index (χ2n) is 15.4. The van der Waals surface area contributed by atoms with E-state index >= 15 is 0 Å². The molecule has 4 heterocycles. The van der Waals surface area contributed by atoms with Gasteiger partial charge in [0.05, 0.1) is 35.6 Å². The topological polar surface area (TPSA) is 93.2 Å². The first-order chi connectivity index (χ1) is 23.4. The smallest absolute Gasteiger partial charge is 0.281 e. The van der Waals surface area contributed by atoms with Gasteiger partial charge < -0.3 is 24.0 Å². The summed E-state index contributed by atoms with van der Waals surface area (Å²) < 4.78 is 36.2. The van der Waals surface area contributed by atoms with Crippen LogP contribution >= 0.6 is 11.6 Å². The van der Waals surface area contributed by atoms with Crippen LogP contribution in [0.3, 0.4) is 0 Å². The van der Waals surface area contributed by atoms with Crippen LogP contribution in [0.5, 0.6) is 5.75 Å². The molecule has 9 nitrogen and oxygen atoms in total. The molecule has 266 valence electrons. The summed E-state index contributed by atoms with van der Waals surface area (Å²) in [5.41, 5.74) is 2.51. The number of halogens is 1. The molecule has 1 saturated carbocycles. The molecule has 1 aromatic heterocycles. The van der Waals surface area contributed by atoms with Crippen molar-refractivity contribution in [2.45, 2.75) is 75.4 Å². The molecule has 0 radical (unpaired) electrons. The number of ether oxygens (including phenoxy) is 3. The molecule has 5 aliphatic rings. The molecule has 7 atom stereocenters. The number of nitrogens with one attached hydrogen (secondary N) is 1. The van der Waals surface area contributed by atoms with Crippen molar-refractivity contribution < 1.29 is 23.2 Å². The number of nitrogens with zero attached hydrogens (tertiary/aromatic N) is 3. The summed E-state index contributed by atoms with van der Waals surface area (Å²) in [5.74, 6) is 5.66. The van der Waals surface area contributed by atoms with Crippen LogP contribution in [-0.2, 0) is 31.0 Å². The van der Waals surface area contributed by atoms with E-state index in [1.54, 1.807) is 6.07 Å². The number of fused-ring (bicyclic) bond motifs is 4. The van der Waals surface area contributed by atoms with E-state index in [-0.39, 0.29) is 40.5 Å². The summed E-state index contributed by atoms with van der Waals surface area (Å²) in [6.07, 6.45) is 10.1. The molecule has 1 saturated heterocycles. The number of likely N-dealkylation sites (N-methyl/N-ethyl adjacent to an activating group) is 1. The Kier molecular flexibility index (Phi) is 9.82. The second kappa shape index (κ2) is 13.8. The largest absolute Gasteiger partial charge is 0.489 e. The summed E-state index contributed by atoms with van der Waals surface area (Å²) in [7, 11) is 1.15. The van der Waals surface area contributed by atoms with Crippen LogP contribution in [0.25, 0.3) is 0 Å². The zero-order valence-electron chi connectivity index (χ0n) is 29.2. The fourth-order valence-electron chi connectivity index (χ4n) is 8.50. The maximum Gasteiger partial charge on any atom is 0.281 e. The third-order valence-corrected chi connectivity index (χ3v) is 14.5. The number of aryl methyl sites for hydroxylation is 1. The fraction of sp³-hybridized carbons (Fsp3) is 0.605. The predicted molar refractivity (Wildman–Crippen MR) is 196 cm³/mol. The minimum Gasteiger partial charge on any atom is -0.489 e. The van der Waals surface area contributed by atoms with Crippen molar-refractivity contribution in [3.63, 3.8) is 0 Å². The lowest BCUT2D eigenvalue weighted by atomic mass is 9.65. The summed E-state index contributed by atoms with van der Waals surface area (Å²) in [6, 6.07) is 10.0. The number of allylic oxidation sites excluding steroid dienone is 1. The molecule has 2 aromatic rings. The monoisotopic (exact) mass is 710 g/mol. The summed E-state index contributed by atoms with van der Waals surface area (Å²) in [6.45, 7) is 7.21. The Balaban J connectivity index is 1.28. The molecule has 1 aromatic carbocycles. The van der Waals surface area contributed by atoms with E-state index in [1.165, 1.54) is 11.1 Å². The second-order valence-corrected chi connectivity index (χ2v) is 18.2. The molecule has 3 aliphatic heterocycles. The van der Waals surface area contributed by atoms with Crippen molar-refractivity contribution in [1.29, 1.82) is 0 Å². The Bertz CT molecular complexity index is 1690. The third-order valence-electron chi connectivity index (χ3n) is 12.0. The predicted octanol–water partition coefficient (Wildman–Crippen LogP) is 5.50. The van der Waals surface area contributed by atoms with Crippen molar-refractivity contribution >= 4 is 38.9 Å². The number of benzene rings is 1. The SMILES string of the molecule is C=S1(=O)NC(=O)c2ccc3c(n2)N(C[C@@H]2CC[C@H]2[C@H](C2OCC(N(C)C)CO2)/C=C/C[C@H](C)[C@H]1C)C[C@@]1(CCCc2cc(Cl)ccc21)CO3. The van der Waals surface area contributed by atoms with E-state index < -0.39 is 15.6 Å². The van der Waals surface area contributed by atoms with E-state index in [0.29, 0.717) is 56.2 Å². The van der Waals surface area contributed by atoms with E-state index in [4.69, 9.17) is 30.8 Å². The van der Waals surface area contributed by atoms with Gasteiger partial charge in [0.2, 0.25) is 0 Å². The van der Waals surface area contributed by atoms with Gasteiger partial charge >= 0.3 is 0 Å². The van der Waals surface area contributed by atoms with Crippen molar-refractivity contribution in [2.24, 2.45) is 23.7 Å². The van der Waals surface area contributed by atoms with Crippen LogP contribution in [0.2, 0.25) is 5.02 Å². The number of rotatable bonds is 2. The Hall–Kier alpha value is -2.63. The van der Waals surface area contributed by atoms with Crippen molar-refractivity contribution in [3.05, 3.63) is 64.3 Å². The van der Waals surface area contributed by atoms with E-state index in [1.807, 2.05) is 19.1 Å². The molecular formula is C38H51ClN4O5S. The van der Waals surface area contributed by atoms with Crippen LogP contribution in [0.1, 0.15) is 67.6 Å². The van der Waals surface area contributed by atoms with Gasteiger partial charge in [0, 0.05) is 34.7 Å². The van der Waals surface area contributed by atoms with Gasteiger partial charge in [-0.05, 0) is 119 Å². The maximum absolute atomic E-state index is 13.9. The highest BCUT2D eigenvalue weighted by Crippen LogP contribution is 2.48. The van der Waals surface area contributed by atoms with Crippen molar-refractivity contribution in [3.8, 4) is 5.75 Å². The Labute approximate surface area is 296 Å². The van der Waals surface area contributed by atoms with E-state index in [9.17, 15) is 9.00 Å². The zero-order valence-corrected chi connectivity index (χ0v) is 30.8. The third kappa shape index (κ3) is 6.88. The molecule has 1 spiro atoms. The first-order valence-corrected chi connectivity index (χ1v) is 20.0. The van der Waals surface area contributed by atoms with Gasteiger partial charge in [0.15, 0.2) is 17.9 Å². The molecule has 2 aliphatic carbocycles. The van der Waals surface area contributed by atoms with Crippen LogP contribution in [0.15, 0.2) is 42.5 Å². The van der Waals surface area contributed by atoms with E-state index in [0.717, 1.165) is 43.7 Å². The van der Waals surface area contributed by atoms with Gasteiger partial charge in [-0.15, -0.1) is 0 Å². The molecule has 1 unspecified atom stereocenters. The number of hydrogen-bond donors (Lipinski definition) is 1. The lowest BCUT2D eigenvalue weighted by Gasteiger charge is -2.48. The highest BCUT2D eigenvalue weighted by atomic mass is 35.5. The molecule has 11 heteroatoms. The molecule has 1 N–H and O–H groups in total. The number of amides is 1. The molecule has 2 bridgehead atoms. The number of carbonyl (C=O) groups is 1. The quantitative estimate of drug-likeness (QED) is 0.323. The van der Waals surface area contributed by atoms with Gasteiger partial charge in [0.1, 0.15) is 5.69 Å². The highest BCUT2D eigenvalue weighted by Gasteiger charge is 2.46. The van der Waals surface area contributed by atoms with Crippen LogP contribution < -0.4 is 14.4 Å². The maximum atomic E-state index is 13.9. The first-order valence-electron chi connectivity index (χ1n) is 17.9. The molecular weight excluding hydrogens is 660 g/mol. The minimum atomic E-state index is -2.98. The van der Waals surface area contributed by atoms with Gasteiger partial charge in [0.25, 0.3) is 5.91 Å². The van der Waals surface area contributed by atoms with Crippen LogP contribution in [0, 0.1) is 23.7 Å². The lowest BCUT2D eigenvalue weighted by Crippen LogP contribution is -2.52. The molecule has 49 heavy (non-hydrogen) atoms. The number of aromatic nitrogens is 1. The highest BCUT2D eigenvalue weighted by molar-refractivity contribution is 7.99. The fourth-order valence-corrected chi connectivity index (χ4v) is 10.2. The van der Waals surface area contributed by atoms with Gasteiger partial charge in [-0.2, -0.15) is 0 Å². The number of hydrogen-bond acceptors (Lipinski definition) is 8. The van der Waals surface area contributed by atoms with Gasteiger partial charge in [-0.25, -0.2) is 9.19 Å². The van der Waals surface area contributed by atoms with Gasteiger partial charge in [-0.1, -0.05) is 36.7 Å². The average molecular weight is 711 g/mol. The lowest BCUT2D eigenvalue weighted by molar-refractivity contribution is -0.230. The molecule has 7 rings (SSSR count). The van der Waals surface area contributed by atoms with E-state index in [2.05, 4.69) is 65.7 Å². The Morgan fingerprint density at radius 1 is 1.14 bits per heavy atom. The molecule has 2 fully saturated rings. The van der Waals surface area contributed by atoms with Crippen molar-refractivity contribution in [1.82, 2.24) is 14.6 Å². The van der Waals surface area contributed by atoms with Crippen LogP contribution in [-0.4, -0.2) is 90.5 Å². The normalized spacial score (nSPS) is 37.2. The number of anilines is 1. The standard InChI is InChI=1S/C38H51ClN4O5S/c1-24-8-6-10-31(37-46-20-29(21-47-37)42(3)4)30-13-11-27(30)19-43-22-38(17-7-9-26-18-28(39)12-14-32(26)38)23-48-34-16-15-33(40-35(34)43)36(44)41-49(5,45)25(24)2/h6,10,12,14-16,18,24-25,27,29-31,37H,5,7-9,11,13,17,19-23H2,1-4H3,(H,41,44,45)/b10-6+/t24-,25+,27-,29?,30+,31+,37?,38-,49?/m0/s1. The number of carbonyl (C=O) groups excluding carboxylic acids is 1. The first kappa shape index (κ1) is 34.8. The van der Waals surface area contributed by atoms with Gasteiger partial charge in [-0.3, -0.25) is 9.52 Å². The number of pyridine rings is 1. The Morgan fingerprint density at radius 3 is 2.67 bits per heavy atom. The summed E-state index contributed by atoms with van der Waals surface area (Å²) in [5, 5.41) is 0.398. The minimum absolute atomic E-state index is 0.0203. The summed E-state index contributed by atoms with van der Waals surface area (Å²) >= 11 is 6.47.